The van der Waals surface area contributed by atoms with Crippen LogP contribution in [0.4, 0.5) is 4.39 Å². The van der Waals surface area contributed by atoms with E-state index in [0.29, 0.717) is 17.1 Å². The van der Waals surface area contributed by atoms with Crippen LogP contribution in [0.15, 0.2) is 59.1 Å². The molecule has 0 saturated heterocycles. The molecule has 0 aliphatic rings. The second kappa shape index (κ2) is 7.28. The van der Waals surface area contributed by atoms with E-state index in [2.05, 4.69) is 20.4 Å². The molecule has 2 atom stereocenters. The van der Waals surface area contributed by atoms with Gasteiger partial charge in [-0.3, -0.25) is 5.32 Å². The zero-order valence-electron chi connectivity index (χ0n) is 14.1. The molecule has 7 nitrogen and oxygen atoms in total. The SMILES string of the molecule is OC[C@H](NC(O)c1ccc(F)cc1)c1nc(-c2cc3ccccc3[nH]2)no1. The number of rotatable bonds is 6. The van der Waals surface area contributed by atoms with Crippen molar-refractivity contribution in [3.8, 4) is 11.5 Å². The van der Waals surface area contributed by atoms with Gasteiger partial charge in [0.1, 0.15) is 18.1 Å². The zero-order chi connectivity index (χ0) is 18.8. The first-order valence-electron chi connectivity index (χ1n) is 8.36. The smallest absolute Gasteiger partial charge is 0.246 e. The van der Waals surface area contributed by atoms with Gasteiger partial charge in [-0.2, -0.15) is 4.98 Å². The van der Waals surface area contributed by atoms with E-state index in [-0.39, 0.29) is 12.5 Å². The lowest BCUT2D eigenvalue weighted by molar-refractivity contribution is 0.0935. The summed E-state index contributed by atoms with van der Waals surface area (Å²) in [6.45, 7) is -0.368. The number of hydrogen-bond acceptors (Lipinski definition) is 6. The quantitative estimate of drug-likeness (QED) is 0.390. The minimum atomic E-state index is -1.13. The topological polar surface area (TPSA) is 107 Å². The second-order valence-electron chi connectivity index (χ2n) is 6.08. The monoisotopic (exact) mass is 368 g/mol. The summed E-state index contributed by atoms with van der Waals surface area (Å²) in [5, 5.41) is 27.6. The van der Waals surface area contributed by atoms with Crippen LogP contribution in [0.2, 0.25) is 0 Å². The number of aliphatic hydroxyl groups is 2. The van der Waals surface area contributed by atoms with Crippen LogP contribution in [0.1, 0.15) is 23.7 Å². The van der Waals surface area contributed by atoms with Gasteiger partial charge in [-0.1, -0.05) is 35.5 Å². The number of aromatic amines is 1. The molecule has 2 aromatic carbocycles. The lowest BCUT2D eigenvalue weighted by Crippen LogP contribution is -2.29. The number of nitrogens with zero attached hydrogens (tertiary/aromatic N) is 2. The first-order chi connectivity index (χ1) is 13.1. The maximum absolute atomic E-state index is 13.0. The zero-order valence-corrected chi connectivity index (χ0v) is 14.1. The van der Waals surface area contributed by atoms with Crippen LogP contribution < -0.4 is 5.32 Å². The van der Waals surface area contributed by atoms with Gasteiger partial charge in [0.15, 0.2) is 0 Å². The molecular weight excluding hydrogens is 351 g/mol. The van der Waals surface area contributed by atoms with E-state index in [1.165, 1.54) is 24.3 Å². The molecule has 4 N–H and O–H groups in total. The van der Waals surface area contributed by atoms with Crippen molar-refractivity contribution in [1.82, 2.24) is 20.4 Å². The van der Waals surface area contributed by atoms with Crippen molar-refractivity contribution < 1.29 is 19.1 Å². The van der Waals surface area contributed by atoms with Crippen LogP contribution >= 0.6 is 0 Å². The Morgan fingerprint density at radius 1 is 1.15 bits per heavy atom. The average molecular weight is 368 g/mol. The van der Waals surface area contributed by atoms with E-state index in [1.807, 2.05) is 30.3 Å². The van der Waals surface area contributed by atoms with Gasteiger partial charge >= 0.3 is 0 Å². The summed E-state index contributed by atoms with van der Waals surface area (Å²) in [7, 11) is 0. The summed E-state index contributed by atoms with van der Waals surface area (Å²) < 4.78 is 18.3. The third-order valence-corrected chi connectivity index (χ3v) is 4.24. The molecule has 1 unspecified atom stereocenters. The molecule has 2 aromatic heterocycles. The molecule has 138 valence electrons. The molecule has 0 radical (unpaired) electrons. The fraction of sp³-hybridized carbons (Fsp3) is 0.158. The molecule has 8 heteroatoms. The number of halogens is 1. The van der Waals surface area contributed by atoms with Crippen molar-refractivity contribution >= 4 is 10.9 Å². The van der Waals surface area contributed by atoms with Crippen molar-refractivity contribution in [1.29, 1.82) is 0 Å². The average Bonchev–Trinajstić information content (AvgIpc) is 3.33. The van der Waals surface area contributed by atoms with Crippen LogP contribution in [0.5, 0.6) is 0 Å². The van der Waals surface area contributed by atoms with E-state index in [9.17, 15) is 14.6 Å². The molecule has 0 amide bonds. The highest BCUT2D eigenvalue weighted by atomic mass is 19.1. The van der Waals surface area contributed by atoms with E-state index < -0.39 is 18.1 Å². The number of hydrogen-bond donors (Lipinski definition) is 4. The predicted octanol–water partition coefficient (Wildman–Crippen LogP) is 2.67. The van der Waals surface area contributed by atoms with Crippen molar-refractivity contribution in [3.63, 3.8) is 0 Å². The van der Waals surface area contributed by atoms with E-state index in [4.69, 9.17) is 4.52 Å². The van der Waals surface area contributed by atoms with Crippen LogP contribution in [-0.4, -0.2) is 31.9 Å². The molecule has 0 fully saturated rings. The van der Waals surface area contributed by atoms with Crippen LogP contribution in [0.25, 0.3) is 22.4 Å². The van der Waals surface area contributed by atoms with Gasteiger partial charge in [0.2, 0.25) is 11.7 Å². The number of aliphatic hydroxyl groups excluding tert-OH is 2. The normalized spacial score (nSPS) is 13.7. The Kier molecular flexibility index (Phi) is 4.68. The van der Waals surface area contributed by atoms with Crippen molar-refractivity contribution in [2.75, 3.05) is 6.61 Å². The molecule has 4 aromatic rings. The Bertz CT molecular complexity index is 1010. The largest absolute Gasteiger partial charge is 0.394 e. The van der Waals surface area contributed by atoms with Crippen LogP contribution in [-0.2, 0) is 0 Å². The van der Waals surface area contributed by atoms with Gasteiger partial charge in [0.25, 0.3) is 0 Å². The number of nitrogens with one attached hydrogen (secondary N) is 2. The molecular formula is C19H17FN4O3. The standard InChI is InChI=1S/C19H17FN4O3/c20-13-7-5-11(6-8-13)18(26)22-16(10-25)19-23-17(24-27-19)15-9-12-3-1-2-4-14(12)21-15/h1-9,16,18,21-22,25-26H,10H2/t16-,18?/m0/s1. The maximum Gasteiger partial charge on any atom is 0.246 e. The molecule has 0 bridgehead atoms. The van der Waals surface area contributed by atoms with Gasteiger partial charge in [-0.25, -0.2) is 4.39 Å². The summed E-state index contributed by atoms with van der Waals surface area (Å²) in [5.74, 6) is 0.0783. The van der Waals surface area contributed by atoms with E-state index in [0.717, 1.165) is 10.9 Å². The Morgan fingerprint density at radius 2 is 1.93 bits per heavy atom. The molecule has 2 heterocycles. The Balaban J connectivity index is 1.54. The molecule has 0 aliphatic carbocycles. The summed E-state index contributed by atoms with van der Waals surface area (Å²) >= 11 is 0. The minimum Gasteiger partial charge on any atom is -0.394 e. The van der Waals surface area contributed by atoms with Crippen LogP contribution in [0.3, 0.4) is 0 Å². The summed E-state index contributed by atoms with van der Waals surface area (Å²) in [5.41, 5.74) is 2.08. The first-order valence-corrected chi connectivity index (χ1v) is 8.36. The van der Waals surface area contributed by atoms with Crippen molar-refractivity contribution in [2.45, 2.75) is 12.3 Å². The Labute approximate surface area is 153 Å². The van der Waals surface area contributed by atoms with Crippen molar-refractivity contribution in [2.24, 2.45) is 0 Å². The number of para-hydroxylation sites is 1. The third kappa shape index (κ3) is 3.59. The molecule has 0 aliphatic heterocycles. The number of benzene rings is 2. The number of fused-ring (bicyclic) bond motifs is 1. The first kappa shape index (κ1) is 17.3. The number of aromatic nitrogens is 3. The molecule has 0 spiro atoms. The Morgan fingerprint density at radius 3 is 2.67 bits per heavy atom. The highest BCUT2D eigenvalue weighted by molar-refractivity contribution is 5.84. The Hall–Kier alpha value is -3.07. The third-order valence-electron chi connectivity index (χ3n) is 4.24. The number of H-pyrrole nitrogens is 1. The lowest BCUT2D eigenvalue weighted by atomic mass is 10.1. The van der Waals surface area contributed by atoms with Gasteiger partial charge < -0.3 is 19.7 Å². The van der Waals surface area contributed by atoms with Gasteiger partial charge in [-0.05, 0) is 29.8 Å². The second-order valence-corrected chi connectivity index (χ2v) is 6.08. The fourth-order valence-electron chi connectivity index (χ4n) is 2.81. The highest BCUT2D eigenvalue weighted by Crippen LogP contribution is 2.24. The lowest BCUT2D eigenvalue weighted by Gasteiger charge is -2.18. The molecule has 27 heavy (non-hydrogen) atoms. The maximum atomic E-state index is 13.0. The fourth-order valence-corrected chi connectivity index (χ4v) is 2.81. The summed E-state index contributed by atoms with van der Waals surface area (Å²) in [6.07, 6.45) is -1.13. The van der Waals surface area contributed by atoms with Crippen LogP contribution in [0, 0.1) is 5.82 Å². The van der Waals surface area contributed by atoms with E-state index >= 15 is 0 Å². The molecule has 0 saturated carbocycles. The van der Waals surface area contributed by atoms with Crippen molar-refractivity contribution in [3.05, 3.63) is 71.9 Å². The predicted molar refractivity (Wildman–Crippen MR) is 95.9 cm³/mol. The minimum absolute atomic E-state index is 0.132. The molecule has 4 rings (SSSR count). The summed E-state index contributed by atoms with van der Waals surface area (Å²) in [4.78, 5) is 7.51. The van der Waals surface area contributed by atoms with E-state index in [1.54, 1.807) is 0 Å². The summed E-state index contributed by atoms with van der Waals surface area (Å²) in [6, 6.07) is 14.3. The van der Waals surface area contributed by atoms with Gasteiger partial charge in [0, 0.05) is 10.9 Å². The van der Waals surface area contributed by atoms with Gasteiger partial charge in [0.05, 0.1) is 12.3 Å². The highest BCUT2D eigenvalue weighted by Gasteiger charge is 2.22. The van der Waals surface area contributed by atoms with Gasteiger partial charge in [-0.15, -0.1) is 0 Å².